The molecule has 1 aliphatic rings. The Balaban J connectivity index is 1.70. The Morgan fingerprint density at radius 2 is 1.64 bits per heavy atom. The van der Waals surface area contributed by atoms with E-state index in [1.807, 2.05) is 37.3 Å². The number of carbonyl (C=O) groups excluding carboxylic acids is 1. The van der Waals surface area contributed by atoms with Crippen LogP contribution >= 0.6 is 23.2 Å². The SMILES string of the molecule is COc1cc(OC)c(C2C(C(=O)Nc3ccccc3)=C(C)Nc3nc(-c4ccc(Cl)cc4Cl)nn32)cc1OC. The Morgan fingerprint density at radius 1 is 0.949 bits per heavy atom. The van der Waals surface area contributed by atoms with Crippen LogP contribution in [0.5, 0.6) is 17.2 Å². The topological polar surface area (TPSA) is 99.5 Å². The molecule has 9 nitrogen and oxygen atoms in total. The molecular weight excluding hydrogens is 541 g/mol. The fourth-order valence-electron chi connectivity index (χ4n) is 4.50. The van der Waals surface area contributed by atoms with E-state index in [9.17, 15) is 4.79 Å². The van der Waals surface area contributed by atoms with Gasteiger partial charge in [0.25, 0.3) is 5.91 Å². The fourth-order valence-corrected chi connectivity index (χ4v) is 5.00. The van der Waals surface area contributed by atoms with Gasteiger partial charge in [-0.25, -0.2) is 4.68 Å². The van der Waals surface area contributed by atoms with Crippen LogP contribution in [-0.4, -0.2) is 42.0 Å². The number of hydrogen-bond donors (Lipinski definition) is 2. The van der Waals surface area contributed by atoms with Crippen molar-refractivity contribution in [1.29, 1.82) is 0 Å². The van der Waals surface area contributed by atoms with E-state index >= 15 is 0 Å². The van der Waals surface area contributed by atoms with E-state index in [4.69, 9.17) is 47.5 Å². The Kier molecular flexibility index (Phi) is 7.36. The van der Waals surface area contributed by atoms with Crippen LogP contribution in [0.4, 0.5) is 11.6 Å². The second kappa shape index (κ2) is 10.9. The van der Waals surface area contributed by atoms with Crippen LogP contribution in [0.25, 0.3) is 11.4 Å². The first-order valence-electron chi connectivity index (χ1n) is 11.9. The largest absolute Gasteiger partial charge is 0.496 e. The normalized spacial score (nSPS) is 14.4. The highest BCUT2D eigenvalue weighted by molar-refractivity contribution is 6.36. The van der Waals surface area contributed by atoms with Crippen molar-refractivity contribution in [3.8, 4) is 28.6 Å². The fraction of sp³-hybridized carbons (Fsp3) is 0.179. The quantitative estimate of drug-likeness (QED) is 0.275. The van der Waals surface area contributed by atoms with E-state index in [1.54, 1.807) is 56.3 Å². The number of fused-ring (bicyclic) bond motifs is 1. The minimum Gasteiger partial charge on any atom is -0.496 e. The lowest BCUT2D eigenvalue weighted by Crippen LogP contribution is -2.31. The molecule has 1 unspecified atom stereocenters. The maximum atomic E-state index is 13.8. The highest BCUT2D eigenvalue weighted by Crippen LogP contribution is 2.44. The van der Waals surface area contributed by atoms with Crippen LogP contribution in [0.1, 0.15) is 18.5 Å². The predicted octanol–water partition coefficient (Wildman–Crippen LogP) is 6.21. The van der Waals surface area contributed by atoms with E-state index in [0.717, 1.165) is 0 Å². The van der Waals surface area contributed by atoms with Gasteiger partial charge in [0, 0.05) is 33.6 Å². The summed E-state index contributed by atoms with van der Waals surface area (Å²) in [6.07, 6.45) is 0. The van der Waals surface area contributed by atoms with Crippen molar-refractivity contribution in [2.75, 3.05) is 32.0 Å². The van der Waals surface area contributed by atoms with Gasteiger partial charge in [0.2, 0.25) is 5.95 Å². The number of halogens is 2. The Hall–Kier alpha value is -4.21. The van der Waals surface area contributed by atoms with Crippen molar-refractivity contribution < 1.29 is 19.0 Å². The molecule has 11 heteroatoms. The highest BCUT2D eigenvalue weighted by Gasteiger charge is 2.37. The van der Waals surface area contributed by atoms with E-state index in [0.29, 0.717) is 67.2 Å². The van der Waals surface area contributed by atoms with Crippen molar-refractivity contribution in [2.24, 2.45) is 0 Å². The lowest BCUT2D eigenvalue weighted by molar-refractivity contribution is -0.113. The van der Waals surface area contributed by atoms with Gasteiger partial charge in [-0.15, -0.1) is 5.10 Å². The maximum Gasteiger partial charge on any atom is 0.255 e. The highest BCUT2D eigenvalue weighted by atomic mass is 35.5. The number of anilines is 2. The second-order valence-corrected chi connectivity index (χ2v) is 9.51. The summed E-state index contributed by atoms with van der Waals surface area (Å²) in [5, 5.41) is 11.9. The summed E-state index contributed by atoms with van der Waals surface area (Å²) < 4.78 is 18.5. The summed E-state index contributed by atoms with van der Waals surface area (Å²) in [7, 11) is 4.64. The monoisotopic (exact) mass is 565 g/mol. The zero-order valence-electron chi connectivity index (χ0n) is 21.6. The number of methoxy groups -OCH3 is 3. The Labute approximate surface area is 235 Å². The minimum atomic E-state index is -0.743. The lowest BCUT2D eigenvalue weighted by atomic mass is 9.93. The maximum absolute atomic E-state index is 13.8. The first kappa shape index (κ1) is 26.4. The van der Waals surface area contributed by atoms with Crippen molar-refractivity contribution >= 4 is 40.7 Å². The molecule has 0 saturated heterocycles. The van der Waals surface area contributed by atoms with Gasteiger partial charge in [-0.1, -0.05) is 41.4 Å². The average molecular weight is 566 g/mol. The third-order valence-electron chi connectivity index (χ3n) is 6.33. The molecule has 0 saturated carbocycles. The molecule has 5 rings (SSSR count). The molecule has 4 aromatic rings. The number of hydrogen-bond acceptors (Lipinski definition) is 7. The summed E-state index contributed by atoms with van der Waals surface area (Å²) in [6, 6.07) is 17.1. The Bertz CT molecular complexity index is 1590. The average Bonchev–Trinajstić information content (AvgIpc) is 3.35. The summed E-state index contributed by atoms with van der Waals surface area (Å²) in [5.41, 5.74) is 2.87. The second-order valence-electron chi connectivity index (χ2n) is 8.66. The number of nitrogens with zero attached hydrogens (tertiary/aromatic N) is 3. The summed E-state index contributed by atoms with van der Waals surface area (Å²) in [6.45, 7) is 1.81. The van der Waals surface area contributed by atoms with Gasteiger partial charge in [0.15, 0.2) is 17.3 Å². The van der Waals surface area contributed by atoms with Gasteiger partial charge in [-0.2, -0.15) is 4.98 Å². The van der Waals surface area contributed by atoms with Gasteiger partial charge in [-0.05, 0) is 43.3 Å². The molecule has 0 radical (unpaired) electrons. The first-order valence-corrected chi connectivity index (χ1v) is 12.7. The van der Waals surface area contributed by atoms with Gasteiger partial charge >= 0.3 is 0 Å². The Morgan fingerprint density at radius 3 is 2.31 bits per heavy atom. The van der Waals surface area contributed by atoms with Gasteiger partial charge < -0.3 is 24.8 Å². The molecule has 2 N–H and O–H groups in total. The van der Waals surface area contributed by atoms with Crippen LogP contribution in [0.15, 0.2) is 71.9 Å². The van der Waals surface area contributed by atoms with Gasteiger partial charge in [0.05, 0.1) is 31.9 Å². The summed E-state index contributed by atoms with van der Waals surface area (Å²) in [4.78, 5) is 18.5. The van der Waals surface area contributed by atoms with Crippen LogP contribution < -0.4 is 24.8 Å². The number of benzene rings is 3. The number of amides is 1. The molecule has 1 atom stereocenters. The third kappa shape index (κ3) is 4.98. The number of ether oxygens (including phenoxy) is 3. The molecule has 200 valence electrons. The number of carbonyl (C=O) groups is 1. The number of aromatic nitrogens is 3. The molecule has 2 heterocycles. The van der Waals surface area contributed by atoms with Gasteiger partial charge in [-0.3, -0.25) is 4.79 Å². The molecule has 1 amide bonds. The smallest absolute Gasteiger partial charge is 0.255 e. The van der Waals surface area contributed by atoms with E-state index in [2.05, 4.69) is 10.6 Å². The molecule has 0 spiro atoms. The summed E-state index contributed by atoms with van der Waals surface area (Å²) in [5.74, 6) is 1.89. The zero-order chi connectivity index (χ0) is 27.7. The first-order chi connectivity index (χ1) is 18.8. The van der Waals surface area contributed by atoms with E-state index in [1.165, 1.54) is 0 Å². The van der Waals surface area contributed by atoms with Crippen LogP contribution in [0.2, 0.25) is 10.0 Å². The van der Waals surface area contributed by atoms with Crippen LogP contribution in [0.3, 0.4) is 0 Å². The standard InChI is InChI=1S/C28H25Cl2N5O4/c1-15-24(27(36)32-17-8-6-5-7-9-17)25(19-13-22(38-3)23(39-4)14-21(19)37-2)35-28(31-15)33-26(34-35)18-11-10-16(29)12-20(18)30/h5-14,25H,1-4H3,(H,32,36)(H,31,33,34). The minimum absolute atomic E-state index is 0.319. The lowest BCUT2D eigenvalue weighted by Gasteiger charge is -2.30. The third-order valence-corrected chi connectivity index (χ3v) is 6.88. The summed E-state index contributed by atoms with van der Waals surface area (Å²) >= 11 is 12.6. The number of rotatable bonds is 7. The molecule has 0 bridgehead atoms. The number of allylic oxidation sites excluding steroid dienone is 1. The molecule has 1 aromatic heterocycles. The van der Waals surface area contributed by atoms with E-state index in [-0.39, 0.29) is 5.91 Å². The van der Waals surface area contributed by atoms with Crippen LogP contribution in [-0.2, 0) is 4.79 Å². The van der Waals surface area contributed by atoms with Crippen molar-refractivity contribution in [3.05, 3.63) is 87.5 Å². The molecule has 3 aromatic carbocycles. The molecule has 0 aliphatic carbocycles. The number of para-hydroxylation sites is 1. The molecular formula is C28H25Cl2N5O4. The van der Waals surface area contributed by atoms with Crippen molar-refractivity contribution in [2.45, 2.75) is 13.0 Å². The zero-order valence-corrected chi connectivity index (χ0v) is 23.1. The van der Waals surface area contributed by atoms with Crippen LogP contribution in [0, 0.1) is 0 Å². The molecule has 1 aliphatic heterocycles. The molecule has 39 heavy (non-hydrogen) atoms. The van der Waals surface area contributed by atoms with Crippen molar-refractivity contribution in [3.63, 3.8) is 0 Å². The molecule has 0 fully saturated rings. The predicted molar refractivity (Wildman–Crippen MR) is 151 cm³/mol. The van der Waals surface area contributed by atoms with Crippen molar-refractivity contribution in [1.82, 2.24) is 14.8 Å². The number of nitrogens with one attached hydrogen (secondary N) is 2. The van der Waals surface area contributed by atoms with Gasteiger partial charge in [0.1, 0.15) is 11.8 Å². The van der Waals surface area contributed by atoms with E-state index < -0.39 is 6.04 Å².